The van der Waals surface area contributed by atoms with Crippen molar-refractivity contribution in [1.82, 2.24) is 10.2 Å². The lowest BCUT2D eigenvalue weighted by molar-refractivity contribution is -0.0142. The van der Waals surface area contributed by atoms with Crippen molar-refractivity contribution in [2.45, 2.75) is 102 Å². The number of rotatable bonds is 17. The average molecular weight is 948 g/mol. The molecular weight excluding hydrogens is 872 g/mol. The summed E-state index contributed by atoms with van der Waals surface area (Å²) in [5, 5.41) is 27.0. The number of hydrogen-bond donors (Lipinski definition) is 3. The average Bonchev–Trinajstić information content (AvgIpc) is 3.41. The third kappa shape index (κ3) is 14.4. The van der Waals surface area contributed by atoms with E-state index in [4.69, 9.17) is 11.6 Å². The van der Waals surface area contributed by atoms with E-state index in [-0.39, 0.29) is 23.4 Å². The van der Waals surface area contributed by atoms with Crippen LogP contribution in [0.1, 0.15) is 145 Å². The number of nitrogens with zero attached hydrogens (tertiary/aromatic N) is 1. The van der Waals surface area contributed by atoms with Crippen LogP contribution in [-0.2, 0) is 11.2 Å². The van der Waals surface area contributed by atoms with Gasteiger partial charge in [0.25, 0.3) is 0 Å². The molecule has 6 aromatic rings. The zero-order valence-electron chi connectivity index (χ0n) is 41.4. The number of alkyl halides is 1. The maximum absolute atomic E-state index is 12.6. The molecule has 0 aliphatic carbocycles. The van der Waals surface area contributed by atoms with E-state index in [0.29, 0.717) is 30.6 Å². The Kier molecular flexibility index (Phi) is 20.6. The second-order valence-corrected chi connectivity index (χ2v) is 19.8. The Hall–Kier alpha value is -5.21. The van der Waals surface area contributed by atoms with Gasteiger partial charge in [0.15, 0.2) is 11.6 Å². The highest BCUT2D eigenvalue weighted by atomic mass is 35.5. The van der Waals surface area contributed by atoms with Crippen molar-refractivity contribution < 1.29 is 19.8 Å². The van der Waals surface area contributed by atoms with Crippen LogP contribution in [0.2, 0.25) is 0 Å². The van der Waals surface area contributed by atoms with E-state index in [2.05, 4.69) is 50.0 Å². The third-order valence-electron chi connectivity index (χ3n) is 14.2. The van der Waals surface area contributed by atoms with Crippen LogP contribution >= 0.6 is 11.6 Å². The summed E-state index contributed by atoms with van der Waals surface area (Å²) in [5.74, 6) is 2.38. The van der Waals surface area contributed by atoms with Crippen molar-refractivity contribution >= 4 is 23.2 Å². The number of carbonyl (C=O) groups is 2. The van der Waals surface area contributed by atoms with Crippen molar-refractivity contribution in [3.63, 3.8) is 0 Å². The van der Waals surface area contributed by atoms with Gasteiger partial charge in [0, 0.05) is 29.8 Å². The number of halogens is 1. The number of aliphatic hydroxyl groups is 2. The van der Waals surface area contributed by atoms with Crippen molar-refractivity contribution in [1.29, 1.82) is 0 Å². The fourth-order valence-electron chi connectivity index (χ4n) is 9.95. The molecule has 6 nitrogen and oxygen atoms in total. The standard InChI is InChI=1S/C31H37NO2.C18H21NO.C13H17ClO/c1-24(2)25-15-17-26(18-16-25)30(33)14-9-21-32-22-19-29(20-23-32)31(34,27-10-5-3-6-11-27)28-12-7-4-8-13-28;20-18(15-7-3-1-4-8-15,16-9-5-2-6-10-16)17-11-13-19-14-12-17;1-10(2)11-5-7-12(8-6-11)13(15)4-3-9-14/h3-8,10-13,15-18,24,29,34H,9,14,19-23H2,1-2H3;1-10,17,19-20H,11-14H2;5-8,10H,3-4,9H2,1-2H3. The number of hydrogen-bond acceptors (Lipinski definition) is 6. The molecule has 2 heterocycles. The summed E-state index contributed by atoms with van der Waals surface area (Å²) >= 11 is 5.55. The van der Waals surface area contributed by atoms with Gasteiger partial charge in [-0.25, -0.2) is 0 Å². The zero-order valence-corrected chi connectivity index (χ0v) is 42.2. The van der Waals surface area contributed by atoms with Gasteiger partial charge >= 0.3 is 0 Å². The molecule has 0 amide bonds. The Labute approximate surface area is 418 Å². The molecule has 364 valence electrons. The summed E-state index contributed by atoms with van der Waals surface area (Å²) in [5.41, 5.74) is 6.22. The molecule has 2 fully saturated rings. The Bertz CT molecular complexity index is 2320. The first kappa shape index (κ1) is 53.1. The summed E-state index contributed by atoms with van der Waals surface area (Å²) < 4.78 is 0. The number of nitrogens with one attached hydrogen (secondary N) is 1. The van der Waals surface area contributed by atoms with E-state index in [1.807, 2.05) is 158 Å². The lowest BCUT2D eigenvalue weighted by Crippen LogP contribution is -2.44. The number of benzene rings is 6. The fraction of sp³-hybridized carbons (Fsp3) is 0.387. The molecule has 0 bridgehead atoms. The van der Waals surface area contributed by atoms with Gasteiger partial charge in [-0.2, -0.15) is 0 Å². The summed E-state index contributed by atoms with van der Waals surface area (Å²) in [7, 11) is 0. The summed E-state index contributed by atoms with van der Waals surface area (Å²) in [6.07, 6.45) is 6.63. The topological polar surface area (TPSA) is 89.9 Å². The molecule has 0 atom stereocenters. The molecule has 0 saturated carbocycles. The molecule has 8 rings (SSSR count). The molecule has 2 aliphatic heterocycles. The Morgan fingerprint density at radius 2 is 0.855 bits per heavy atom. The minimum Gasteiger partial charge on any atom is -0.380 e. The summed E-state index contributed by atoms with van der Waals surface area (Å²) in [6, 6.07) is 56.3. The van der Waals surface area contributed by atoms with Crippen LogP contribution in [0, 0.1) is 11.8 Å². The number of ketones is 2. The van der Waals surface area contributed by atoms with Gasteiger partial charge in [-0.15, -0.1) is 11.6 Å². The van der Waals surface area contributed by atoms with Crippen LogP contribution in [-0.4, -0.2) is 65.3 Å². The molecule has 0 spiro atoms. The van der Waals surface area contributed by atoms with E-state index in [0.717, 1.165) is 105 Å². The van der Waals surface area contributed by atoms with Crippen LogP contribution in [0.4, 0.5) is 0 Å². The highest BCUT2D eigenvalue weighted by Crippen LogP contribution is 2.43. The third-order valence-corrected chi connectivity index (χ3v) is 14.4. The molecule has 0 radical (unpaired) electrons. The smallest absolute Gasteiger partial charge is 0.162 e. The summed E-state index contributed by atoms with van der Waals surface area (Å²) in [4.78, 5) is 26.7. The highest BCUT2D eigenvalue weighted by molar-refractivity contribution is 6.18. The second kappa shape index (κ2) is 26.7. The zero-order chi connectivity index (χ0) is 49.1. The quantitative estimate of drug-likeness (QED) is 0.0623. The van der Waals surface area contributed by atoms with Crippen molar-refractivity contribution in [2.75, 3.05) is 38.6 Å². The SMILES string of the molecule is CC(C)c1ccc(C(=O)CCCCl)cc1.CC(C)c1ccc(C(=O)CCCN2CCC(C(O)(c3ccccc3)c3ccccc3)CC2)cc1.OC(c1ccccc1)(c1ccccc1)C1CCNCC1. The maximum atomic E-state index is 12.6. The minimum atomic E-state index is -0.979. The maximum Gasteiger partial charge on any atom is 0.162 e. The van der Waals surface area contributed by atoms with Gasteiger partial charge in [0.2, 0.25) is 0 Å². The number of Topliss-reactive ketones (excluding diaryl/α,β-unsaturated/α-hetero) is 2. The molecular formula is C62H75ClN2O4. The van der Waals surface area contributed by atoms with E-state index in [9.17, 15) is 19.8 Å². The van der Waals surface area contributed by atoms with E-state index in [1.165, 1.54) is 11.1 Å². The first-order valence-electron chi connectivity index (χ1n) is 25.4. The van der Waals surface area contributed by atoms with E-state index >= 15 is 0 Å². The number of piperidine rings is 2. The number of carbonyl (C=O) groups excluding carboxylic acids is 2. The van der Waals surface area contributed by atoms with Crippen LogP contribution in [0.25, 0.3) is 0 Å². The van der Waals surface area contributed by atoms with Gasteiger partial charge in [0.05, 0.1) is 0 Å². The van der Waals surface area contributed by atoms with Gasteiger partial charge in [-0.3, -0.25) is 9.59 Å². The second-order valence-electron chi connectivity index (χ2n) is 19.4. The molecule has 0 unspecified atom stereocenters. The van der Waals surface area contributed by atoms with E-state index in [1.54, 1.807) is 0 Å². The fourth-order valence-corrected chi connectivity index (χ4v) is 10.1. The molecule has 6 aromatic carbocycles. The monoisotopic (exact) mass is 947 g/mol. The highest BCUT2D eigenvalue weighted by Gasteiger charge is 2.42. The van der Waals surface area contributed by atoms with Gasteiger partial charge in [-0.05, 0) is 128 Å². The summed E-state index contributed by atoms with van der Waals surface area (Å²) in [6.45, 7) is 13.4. The Morgan fingerprint density at radius 3 is 1.19 bits per heavy atom. The van der Waals surface area contributed by atoms with Crippen LogP contribution < -0.4 is 5.32 Å². The van der Waals surface area contributed by atoms with Crippen LogP contribution in [0.15, 0.2) is 170 Å². The minimum absolute atomic E-state index is 0.162. The van der Waals surface area contributed by atoms with Crippen molar-refractivity contribution in [2.24, 2.45) is 11.8 Å². The Balaban J connectivity index is 0.000000189. The number of likely N-dealkylation sites (tertiary alicyclic amines) is 1. The predicted molar refractivity (Wildman–Crippen MR) is 285 cm³/mol. The Morgan fingerprint density at radius 1 is 0.522 bits per heavy atom. The lowest BCUT2D eigenvalue weighted by atomic mass is 9.72. The van der Waals surface area contributed by atoms with Crippen LogP contribution in [0.5, 0.6) is 0 Å². The van der Waals surface area contributed by atoms with Crippen LogP contribution in [0.3, 0.4) is 0 Å². The van der Waals surface area contributed by atoms with Crippen molar-refractivity contribution in [3.05, 3.63) is 214 Å². The first-order valence-corrected chi connectivity index (χ1v) is 25.9. The van der Waals surface area contributed by atoms with E-state index < -0.39 is 11.2 Å². The van der Waals surface area contributed by atoms with Gasteiger partial charge in [-0.1, -0.05) is 198 Å². The van der Waals surface area contributed by atoms with Gasteiger partial charge in [0.1, 0.15) is 11.2 Å². The van der Waals surface area contributed by atoms with Crippen molar-refractivity contribution in [3.8, 4) is 0 Å². The normalized spacial score (nSPS) is 14.9. The largest absolute Gasteiger partial charge is 0.380 e. The molecule has 2 saturated heterocycles. The molecule has 69 heavy (non-hydrogen) atoms. The predicted octanol–water partition coefficient (Wildman–Crippen LogP) is 13.4. The molecule has 3 N–H and O–H groups in total. The molecule has 7 heteroatoms. The molecule has 2 aliphatic rings. The lowest BCUT2D eigenvalue weighted by Gasteiger charge is -2.42. The first-order chi connectivity index (χ1) is 33.4. The molecule has 0 aromatic heterocycles. The van der Waals surface area contributed by atoms with Gasteiger partial charge < -0.3 is 20.4 Å².